The summed E-state index contributed by atoms with van der Waals surface area (Å²) >= 11 is 0. The van der Waals surface area contributed by atoms with Gasteiger partial charge in [0, 0.05) is 31.2 Å². The Labute approximate surface area is 131 Å². The Morgan fingerprint density at radius 1 is 1.29 bits per heavy atom. The van der Waals surface area contributed by atoms with E-state index in [9.17, 15) is 0 Å². The third kappa shape index (κ3) is 5.20. The number of hydrogen-bond acceptors (Lipinski definition) is 4. The molecule has 0 aromatic rings. The third-order valence-corrected chi connectivity index (χ3v) is 5.08. The fourth-order valence-electron chi connectivity index (χ4n) is 3.66. The van der Waals surface area contributed by atoms with Crippen molar-refractivity contribution in [2.75, 3.05) is 60.0 Å². The van der Waals surface area contributed by atoms with Crippen LogP contribution < -0.4 is 5.32 Å². The van der Waals surface area contributed by atoms with Crippen molar-refractivity contribution in [3.8, 4) is 0 Å². The molecule has 0 aromatic heterocycles. The van der Waals surface area contributed by atoms with Crippen LogP contribution in [0.25, 0.3) is 0 Å². The molecule has 1 N–H and O–H groups in total. The Morgan fingerprint density at radius 2 is 2.00 bits per heavy atom. The number of nitrogens with zero attached hydrogens (tertiary/aromatic N) is 2. The van der Waals surface area contributed by atoms with E-state index < -0.39 is 0 Å². The predicted molar refractivity (Wildman–Crippen MR) is 88.7 cm³/mol. The van der Waals surface area contributed by atoms with Crippen LogP contribution in [0.15, 0.2) is 0 Å². The van der Waals surface area contributed by atoms with E-state index in [1.165, 1.54) is 38.9 Å². The second-order valence-electron chi connectivity index (χ2n) is 7.80. The van der Waals surface area contributed by atoms with Gasteiger partial charge < -0.3 is 19.9 Å². The second-order valence-corrected chi connectivity index (χ2v) is 7.80. The van der Waals surface area contributed by atoms with E-state index in [-0.39, 0.29) is 0 Å². The Hall–Kier alpha value is -0.160. The smallest absolute Gasteiger partial charge is 0.0547 e. The molecule has 0 spiro atoms. The summed E-state index contributed by atoms with van der Waals surface area (Å²) in [5.74, 6) is 0.722. The second kappa shape index (κ2) is 7.91. The van der Waals surface area contributed by atoms with Crippen molar-refractivity contribution in [3.05, 3.63) is 0 Å². The predicted octanol–water partition coefficient (Wildman–Crippen LogP) is 1.66. The first-order valence-corrected chi connectivity index (χ1v) is 8.68. The lowest BCUT2D eigenvalue weighted by Gasteiger charge is -2.40. The third-order valence-electron chi connectivity index (χ3n) is 5.08. The van der Waals surface area contributed by atoms with Gasteiger partial charge in [-0.3, -0.25) is 0 Å². The lowest BCUT2D eigenvalue weighted by Crippen LogP contribution is -2.49. The van der Waals surface area contributed by atoms with E-state index in [0.29, 0.717) is 5.41 Å². The van der Waals surface area contributed by atoms with Gasteiger partial charge in [-0.05, 0) is 58.9 Å². The molecule has 0 radical (unpaired) electrons. The summed E-state index contributed by atoms with van der Waals surface area (Å²) in [7, 11) is 4.42. The zero-order valence-corrected chi connectivity index (χ0v) is 14.5. The van der Waals surface area contributed by atoms with Gasteiger partial charge in [-0.25, -0.2) is 0 Å². The minimum Gasteiger partial charge on any atom is -0.381 e. The summed E-state index contributed by atoms with van der Waals surface area (Å²) < 4.78 is 5.74. The van der Waals surface area contributed by atoms with Gasteiger partial charge in [0.05, 0.1) is 6.61 Å². The van der Waals surface area contributed by atoms with Gasteiger partial charge >= 0.3 is 0 Å². The monoisotopic (exact) mass is 297 g/mol. The minimum absolute atomic E-state index is 0.347. The summed E-state index contributed by atoms with van der Waals surface area (Å²) in [5, 5.41) is 3.67. The van der Waals surface area contributed by atoms with E-state index >= 15 is 0 Å². The van der Waals surface area contributed by atoms with Gasteiger partial charge in [0.2, 0.25) is 0 Å². The SMILES string of the molecule is CC(C)CNCC1(CN2CCC(N(C)C)CC2)CCOC1. The molecule has 2 heterocycles. The molecule has 124 valence electrons. The van der Waals surface area contributed by atoms with Crippen molar-refractivity contribution in [2.45, 2.75) is 39.2 Å². The number of likely N-dealkylation sites (tertiary alicyclic amines) is 1. The van der Waals surface area contributed by atoms with Crippen molar-refractivity contribution < 1.29 is 4.74 Å². The van der Waals surface area contributed by atoms with Gasteiger partial charge in [0.1, 0.15) is 0 Å². The number of piperidine rings is 1. The van der Waals surface area contributed by atoms with E-state index in [1.54, 1.807) is 0 Å². The molecule has 2 aliphatic rings. The fraction of sp³-hybridized carbons (Fsp3) is 1.00. The van der Waals surface area contributed by atoms with Crippen LogP contribution in [0.4, 0.5) is 0 Å². The number of nitrogens with one attached hydrogen (secondary N) is 1. The summed E-state index contributed by atoms with van der Waals surface area (Å²) in [6.07, 6.45) is 3.83. The maximum atomic E-state index is 5.74. The molecule has 0 amide bonds. The first-order chi connectivity index (χ1) is 10.0. The van der Waals surface area contributed by atoms with Crippen molar-refractivity contribution in [3.63, 3.8) is 0 Å². The van der Waals surface area contributed by atoms with Crippen LogP contribution in [-0.4, -0.2) is 75.9 Å². The number of ether oxygens (including phenoxy) is 1. The maximum Gasteiger partial charge on any atom is 0.0547 e. The largest absolute Gasteiger partial charge is 0.381 e. The Bertz CT molecular complexity index is 292. The molecule has 2 fully saturated rings. The van der Waals surface area contributed by atoms with E-state index in [2.05, 4.69) is 43.1 Å². The highest BCUT2D eigenvalue weighted by atomic mass is 16.5. The van der Waals surface area contributed by atoms with Crippen LogP contribution in [0.2, 0.25) is 0 Å². The molecule has 0 aliphatic carbocycles. The molecule has 21 heavy (non-hydrogen) atoms. The standard InChI is InChI=1S/C17H35N3O/c1-15(2)11-18-12-17(7-10-21-14-17)13-20-8-5-16(6-9-20)19(3)4/h15-16,18H,5-14H2,1-4H3. The summed E-state index contributed by atoms with van der Waals surface area (Å²) in [6.45, 7) is 12.3. The molecule has 1 unspecified atom stereocenters. The lowest BCUT2D eigenvalue weighted by molar-refractivity contribution is 0.0779. The Balaban J connectivity index is 1.80. The van der Waals surface area contributed by atoms with Crippen LogP contribution in [0.5, 0.6) is 0 Å². The van der Waals surface area contributed by atoms with Gasteiger partial charge in [-0.1, -0.05) is 13.8 Å². The summed E-state index contributed by atoms with van der Waals surface area (Å²) in [4.78, 5) is 5.06. The van der Waals surface area contributed by atoms with Crippen LogP contribution in [-0.2, 0) is 4.74 Å². The van der Waals surface area contributed by atoms with Crippen molar-refractivity contribution in [2.24, 2.45) is 11.3 Å². The fourth-order valence-corrected chi connectivity index (χ4v) is 3.66. The van der Waals surface area contributed by atoms with Crippen molar-refractivity contribution in [1.82, 2.24) is 15.1 Å². The van der Waals surface area contributed by atoms with E-state index in [0.717, 1.165) is 38.3 Å². The van der Waals surface area contributed by atoms with E-state index in [1.807, 2.05) is 0 Å². The molecule has 2 aliphatic heterocycles. The van der Waals surface area contributed by atoms with Crippen LogP contribution in [0.1, 0.15) is 33.1 Å². The Morgan fingerprint density at radius 3 is 2.52 bits per heavy atom. The lowest BCUT2D eigenvalue weighted by atomic mass is 9.85. The molecule has 4 heteroatoms. The average Bonchev–Trinajstić information content (AvgIpc) is 2.87. The van der Waals surface area contributed by atoms with Gasteiger partial charge in [-0.2, -0.15) is 0 Å². The molecule has 0 bridgehead atoms. The zero-order chi connectivity index (χ0) is 15.3. The first-order valence-electron chi connectivity index (χ1n) is 8.68. The summed E-state index contributed by atoms with van der Waals surface area (Å²) in [6, 6.07) is 0.774. The quantitative estimate of drug-likeness (QED) is 0.773. The number of rotatable bonds is 7. The molecule has 2 saturated heterocycles. The molecule has 4 nitrogen and oxygen atoms in total. The van der Waals surface area contributed by atoms with E-state index in [4.69, 9.17) is 4.74 Å². The topological polar surface area (TPSA) is 27.7 Å². The molecule has 2 rings (SSSR count). The average molecular weight is 297 g/mol. The van der Waals surface area contributed by atoms with Crippen molar-refractivity contribution in [1.29, 1.82) is 0 Å². The molecular formula is C17H35N3O. The highest BCUT2D eigenvalue weighted by Crippen LogP contribution is 2.30. The normalized spacial score (nSPS) is 28.9. The van der Waals surface area contributed by atoms with Gasteiger partial charge in [0.25, 0.3) is 0 Å². The first kappa shape index (κ1) is 17.2. The Kier molecular flexibility index (Phi) is 6.48. The van der Waals surface area contributed by atoms with Crippen molar-refractivity contribution >= 4 is 0 Å². The molecule has 1 atom stereocenters. The summed E-state index contributed by atoms with van der Waals surface area (Å²) in [5.41, 5.74) is 0.347. The molecule has 0 saturated carbocycles. The highest BCUT2D eigenvalue weighted by Gasteiger charge is 2.37. The van der Waals surface area contributed by atoms with Gasteiger partial charge in [0.15, 0.2) is 0 Å². The molecule has 0 aromatic carbocycles. The zero-order valence-electron chi connectivity index (χ0n) is 14.5. The van der Waals surface area contributed by atoms with Gasteiger partial charge in [-0.15, -0.1) is 0 Å². The minimum atomic E-state index is 0.347. The highest BCUT2D eigenvalue weighted by molar-refractivity contribution is 4.90. The maximum absolute atomic E-state index is 5.74. The number of hydrogen-bond donors (Lipinski definition) is 1. The van der Waals surface area contributed by atoms with Crippen LogP contribution in [0, 0.1) is 11.3 Å². The van der Waals surface area contributed by atoms with Crippen LogP contribution in [0.3, 0.4) is 0 Å². The van der Waals surface area contributed by atoms with Crippen LogP contribution >= 0.6 is 0 Å². The molecular weight excluding hydrogens is 262 g/mol.